The van der Waals surface area contributed by atoms with Crippen LogP contribution in [0.1, 0.15) is 52.0 Å². The molecule has 30 heavy (non-hydrogen) atoms. The molecule has 0 N–H and O–H groups in total. The van der Waals surface area contributed by atoms with Gasteiger partial charge in [0.15, 0.2) is 0 Å². The van der Waals surface area contributed by atoms with Crippen LogP contribution in [0.3, 0.4) is 0 Å². The van der Waals surface area contributed by atoms with Crippen LogP contribution in [0.25, 0.3) is 0 Å². The fourth-order valence-electron chi connectivity index (χ4n) is 4.08. The molecule has 4 unspecified atom stereocenters. The predicted octanol–water partition coefficient (Wildman–Crippen LogP) is 6.88. The van der Waals surface area contributed by atoms with Gasteiger partial charge in [0.25, 0.3) is 0 Å². The van der Waals surface area contributed by atoms with Crippen molar-refractivity contribution in [3.63, 3.8) is 0 Å². The van der Waals surface area contributed by atoms with Gasteiger partial charge in [-0.15, -0.1) is 11.8 Å². The standard InChI is InChI=1S/C25H36O3S2/c1-5-24(18(3)4)25(6-2)19-7-9-20(10-8-19)26-15-22(28-14-21-13-27-21)16-30-23-11-12-29-17-23/h7-12,17-18,21-22,24-25H,5-6,13-16H2,1-4H3. The molecule has 3 rings (SSSR count). The van der Waals surface area contributed by atoms with Crippen LogP contribution in [0.4, 0.5) is 0 Å². The zero-order chi connectivity index (χ0) is 21.3. The van der Waals surface area contributed by atoms with Gasteiger partial charge in [-0.05, 0) is 53.3 Å². The average Bonchev–Trinajstić information content (AvgIpc) is 3.44. The third-order valence-electron chi connectivity index (χ3n) is 5.88. The Balaban J connectivity index is 1.54. The molecule has 1 aliphatic rings. The van der Waals surface area contributed by atoms with E-state index in [0.717, 1.165) is 24.0 Å². The third-order valence-corrected chi connectivity index (χ3v) is 7.84. The maximum Gasteiger partial charge on any atom is 0.119 e. The van der Waals surface area contributed by atoms with E-state index in [-0.39, 0.29) is 12.2 Å². The molecule has 0 aliphatic carbocycles. The second kappa shape index (κ2) is 12.1. The molecule has 0 saturated carbocycles. The minimum absolute atomic E-state index is 0.0487. The zero-order valence-electron chi connectivity index (χ0n) is 18.7. The lowest BCUT2D eigenvalue weighted by Crippen LogP contribution is -2.26. The molecule has 0 spiro atoms. The van der Waals surface area contributed by atoms with Crippen molar-refractivity contribution in [1.29, 1.82) is 0 Å². The molecule has 166 valence electrons. The molecule has 0 bridgehead atoms. The van der Waals surface area contributed by atoms with Crippen molar-refractivity contribution < 1.29 is 14.2 Å². The third kappa shape index (κ3) is 7.30. The van der Waals surface area contributed by atoms with Crippen LogP contribution in [0, 0.1) is 11.8 Å². The van der Waals surface area contributed by atoms with Gasteiger partial charge < -0.3 is 14.2 Å². The first-order chi connectivity index (χ1) is 14.6. The van der Waals surface area contributed by atoms with Crippen molar-refractivity contribution >= 4 is 23.1 Å². The molecule has 1 aromatic heterocycles. The Labute approximate surface area is 190 Å². The first kappa shape index (κ1) is 23.6. The molecule has 1 saturated heterocycles. The summed E-state index contributed by atoms with van der Waals surface area (Å²) in [5, 5.41) is 4.29. The largest absolute Gasteiger partial charge is 0.491 e. The van der Waals surface area contributed by atoms with E-state index < -0.39 is 0 Å². The van der Waals surface area contributed by atoms with Gasteiger partial charge in [-0.3, -0.25) is 0 Å². The Kier molecular flexibility index (Phi) is 9.57. The molecule has 0 radical (unpaired) electrons. The maximum absolute atomic E-state index is 6.12. The molecule has 2 aromatic rings. The second-order valence-corrected chi connectivity index (χ2v) is 10.3. The van der Waals surface area contributed by atoms with E-state index >= 15 is 0 Å². The van der Waals surface area contributed by atoms with Crippen LogP contribution in [0.15, 0.2) is 46.0 Å². The van der Waals surface area contributed by atoms with E-state index in [1.807, 2.05) is 11.8 Å². The van der Waals surface area contributed by atoms with Crippen LogP contribution < -0.4 is 4.74 Å². The zero-order valence-corrected chi connectivity index (χ0v) is 20.3. The summed E-state index contributed by atoms with van der Waals surface area (Å²) < 4.78 is 17.5. The Hall–Kier alpha value is -1.01. The van der Waals surface area contributed by atoms with Crippen molar-refractivity contribution in [2.24, 2.45) is 11.8 Å². The van der Waals surface area contributed by atoms with Gasteiger partial charge in [0, 0.05) is 16.0 Å². The van der Waals surface area contributed by atoms with E-state index in [0.29, 0.717) is 25.0 Å². The Morgan fingerprint density at radius 3 is 2.47 bits per heavy atom. The predicted molar refractivity (Wildman–Crippen MR) is 128 cm³/mol. The normalized spacial score (nSPS) is 18.9. The van der Waals surface area contributed by atoms with E-state index in [1.165, 1.54) is 23.3 Å². The van der Waals surface area contributed by atoms with Crippen LogP contribution in [-0.2, 0) is 9.47 Å². The summed E-state index contributed by atoms with van der Waals surface area (Å²) in [6.45, 7) is 11.3. The van der Waals surface area contributed by atoms with Crippen LogP contribution in [0.2, 0.25) is 0 Å². The number of benzene rings is 1. The highest BCUT2D eigenvalue weighted by atomic mass is 32.2. The minimum atomic E-state index is 0.0487. The van der Waals surface area contributed by atoms with Crippen molar-refractivity contribution in [3.05, 3.63) is 46.7 Å². The highest BCUT2D eigenvalue weighted by Gasteiger charge is 2.25. The molecule has 5 heteroatoms. The van der Waals surface area contributed by atoms with Gasteiger partial charge in [0.2, 0.25) is 0 Å². The summed E-state index contributed by atoms with van der Waals surface area (Å²) in [6, 6.07) is 10.9. The Bertz CT molecular complexity index is 711. The summed E-state index contributed by atoms with van der Waals surface area (Å²) >= 11 is 3.55. The van der Waals surface area contributed by atoms with E-state index in [2.05, 4.69) is 68.8 Å². The number of thioether (sulfide) groups is 1. The molecule has 1 aliphatic heterocycles. The summed E-state index contributed by atoms with van der Waals surface area (Å²) in [5.41, 5.74) is 1.43. The highest BCUT2D eigenvalue weighted by Crippen LogP contribution is 2.36. The number of epoxide rings is 1. The molecule has 4 atom stereocenters. The lowest BCUT2D eigenvalue weighted by molar-refractivity contribution is 0.0270. The first-order valence-electron chi connectivity index (χ1n) is 11.2. The number of rotatable bonds is 14. The van der Waals surface area contributed by atoms with Gasteiger partial charge in [-0.25, -0.2) is 0 Å². The molecule has 0 amide bonds. The SMILES string of the molecule is CCC(c1ccc(OCC(CSc2ccsc2)OCC2CO2)cc1)C(CC)C(C)C. The summed E-state index contributed by atoms with van der Waals surface area (Å²) in [7, 11) is 0. The molecule has 1 fully saturated rings. The van der Waals surface area contributed by atoms with E-state index in [9.17, 15) is 0 Å². The smallest absolute Gasteiger partial charge is 0.119 e. The van der Waals surface area contributed by atoms with Gasteiger partial charge in [0.05, 0.1) is 13.2 Å². The fourth-order valence-corrected chi connectivity index (χ4v) is 5.86. The monoisotopic (exact) mass is 448 g/mol. The van der Waals surface area contributed by atoms with E-state index in [4.69, 9.17) is 14.2 Å². The van der Waals surface area contributed by atoms with E-state index in [1.54, 1.807) is 11.3 Å². The Morgan fingerprint density at radius 1 is 1.13 bits per heavy atom. The van der Waals surface area contributed by atoms with Gasteiger partial charge >= 0.3 is 0 Å². The fraction of sp³-hybridized carbons (Fsp3) is 0.600. The van der Waals surface area contributed by atoms with Crippen LogP contribution in [0.5, 0.6) is 5.75 Å². The number of hydrogen-bond acceptors (Lipinski definition) is 5. The Morgan fingerprint density at radius 2 is 1.90 bits per heavy atom. The quantitative estimate of drug-likeness (QED) is 0.233. The van der Waals surface area contributed by atoms with Crippen molar-refractivity contribution in [1.82, 2.24) is 0 Å². The molecule has 1 aromatic carbocycles. The summed E-state index contributed by atoms with van der Waals surface area (Å²) in [4.78, 5) is 1.29. The lowest BCUT2D eigenvalue weighted by Gasteiger charge is -2.29. The summed E-state index contributed by atoms with van der Waals surface area (Å²) in [6.07, 6.45) is 2.72. The topological polar surface area (TPSA) is 31.0 Å². The second-order valence-electron chi connectivity index (χ2n) is 8.39. The number of ether oxygens (including phenoxy) is 3. The number of thiophene rings is 1. The van der Waals surface area contributed by atoms with Gasteiger partial charge in [-0.2, -0.15) is 11.3 Å². The summed E-state index contributed by atoms with van der Waals surface area (Å²) in [5.74, 6) is 3.83. The first-order valence-corrected chi connectivity index (χ1v) is 13.1. The van der Waals surface area contributed by atoms with Crippen molar-refractivity contribution in [2.45, 2.75) is 63.6 Å². The van der Waals surface area contributed by atoms with Crippen LogP contribution in [-0.4, -0.2) is 37.8 Å². The molecular formula is C25H36O3S2. The van der Waals surface area contributed by atoms with Crippen molar-refractivity contribution in [2.75, 3.05) is 25.6 Å². The average molecular weight is 449 g/mol. The highest BCUT2D eigenvalue weighted by molar-refractivity contribution is 7.99. The van der Waals surface area contributed by atoms with Crippen molar-refractivity contribution in [3.8, 4) is 5.75 Å². The maximum atomic E-state index is 6.12. The van der Waals surface area contributed by atoms with Gasteiger partial charge in [-0.1, -0.05) is 46.2 Å². The van der Waals surface area contributed by atoms with Crippen LogP contribution >= 0.6 is 23.1 Å². The molecular weight excluding hydrogens is 412 g/mol. The number of hydrogen-bond donors (Lipinski definition) is 0. The minimum Gasteiger partial charge on any atom is -0.491 e. The lowest BCUT2D eigenvalue weighted by atomic mass is 9.76. The molecule has 3 nitrogen and oxygen atoms in total. The molecule has 2 heterocycles. The van der Waals surface area contributed by atoms with Gasteiger partial charge in [0.1, 0.15) is 24.6 Å².